The highest BCUT2D eigenvalue weighted by atomic mass is 79.9. The lowest BCUT2D eigenvalue weighted by atomic mass is 10.1. The minimum Gasteiger partial charge on any atom is -0.377 e. The highest BCUT2D eigenvalue weighted by molar-refractivity contribution is 9.09. The van der Waals surface area contributed by atoms with Crippen LogP contribution in [0.3, 0.4) is 0 Å². The van der Waals surface area contributed by atoms with E-state index in [2.05, 4.69) is 29.8 Å². The van der Waals surface area contributed by atoms with Crippen LogP contribution in [0.15, 0.2) is 0 Å². The van der Waals surface area contributed by atoms with Gasteiger partial charge in [-0.2, -0.15) is 0 Å². The molecule has 1 heterocycles. The van der Waals surface area contributed by atoms with E-state index in [0.717, 1.165) is 6.61 Å². The van der Waals surface area contributed by atoms with Crippen molar-refractivity contribution in [1.29, 1.82) is 0 Å². The Hall–Kier alpha value is 0.440. The first-order valence-corrected chi connectivity index (χ1v) is 4.39. The van der Waals surface area contributed by atoms with Crippen molar-refractivity contribution in [1.82, 2.24) is 0 Å². The molecule has 9 heavy (non-hydrogen) atoms. The quantitative estimate of drug-likeness (QED) is 0.580. The van der Waals surface area contributed by atoms with E-state index < -0.39 is 0 Å². The van der Waals surface area contributed by atoms with Gasteiger partial charge in [-0.3, -0.25) is 0 Å². The highest BCUT2D eigenvalue weighted by Crippen LogP contribution is 2.26. The fourth-order valence-electron chi connectivity index (χ4n) is 1.20. The maximum absolute atomic E-state index is 5.48. The Morgan fingerprint density at radius 3 is 2.44 bits per heavy atom. The molecule has 0 aromatic carbocycles. The third-order valence-corrected chi connectivity index (χ3v) is 2.70. The summed E-state index contributed by atoms with van der Waals surface area (Å²) in [6, 6.07) is 0. The van der Waals surface area contributed by atoms with Crippen LogP contribution in [0.1, 0.15) is 20.3 Å². The third kappa shape index (κ3) is 1.68. The van der Waals surface area contributed by atoms with Crippen molar-refractivity contribution in [3.63, 3.8) is 0 Å². The molecule has 1 nitrogen and oxygen atoms in total. The fourth-order valence-corrected chi connectivity index (χ4v) is 2.15. The molecule has 1 rings (SSSR count). The van der Waals surface area contributed by atoms with Gasteiger partial charge in [-0.15, -0.1) is 0 Å². The summed E-state index contributed by atoms with van der Waals surface area (Å²) in [5, 5.41) is 0. The summed E-state index contributed by atoms with van der Waals surface area (Å²) in [5.74, 6) is 0.650. The Kier molecular flexibility index (Phi) is 2.53. The standard InChI is InChI=1S/C7H13BrO/c1-5(2)7-6(8)3-4-9-7/h5-7H,3-4H2,1-2H3/t6-,7-/m0/s1. The Bertz CT molecular complexity index is 92.9. The van der Waals surface area contributed by atoms with E-state index in [1.165, 1.54) is 6.42 Å². The second-order valence-corrected chi connectivity index (χ2v) is 4.06. The summed E-state index contributed by atoms with van der Waals surface area (Å²) in [7, 11) is 0. The molecule has 0 radical (unpaired) electrons. The summed E-state index contributed by atoms with van der Waals surface area (Å²) in [6.45, 7) is 5.33. The smallest absolute Gasteiger partial charge is 0.0723 e. The van der Waals surface area contributed by atoms with Gasteiger partial charge in [0.15, 0.2) is 0 Å². The molecular weight excluding hydrogens is 180 g/mol. The van der Waals surface area contributed by atoms with Crippen LogP contribution >= 0.6 is 15.9 Å². The second-order valence-electron chi connectivity index (χ2n) is 2.88. The van der Waals surface area contributed by atoms with Gasteiger partial charge >= 0.3 is 0 Å². The van der Waals surface area contributed by atoms with Crippen LogP contribution in [0.4, 0.5) is 0 Å². The normalized spacial score (nSPS) is 36.0. The summed E-state index contributed by atoms with van der Waals surface area (Å²) in [5.41, 5.74) is 0. The van der Waals surface area contributed by atoms with Crippen LogP contribution < -0.4 is 0 Å². The van der Waals surface area contributed by atoms with Crippen LogP contribution in [0.5, 0.6) is 0 Å². The fraction of sp³-hybridized carbons (Fsp3) is 1.00. The minimum atomic E-state index is 0.449. The van der Waals surface area contributed by atoms with Gasteiger partial charge in [0.1, 0.15) is 0 Å². The molecule has 0 aromatic rings. The molecule has 0 N–H and O–H groups in total. The predicted molar refractivity (Wildman–Crippen MR) is 41.9 cm³/mol. The topological polar surface area (TPSA) is 9.23 Å². The van der Waals surface area contributed by atoms with Crippen molar-refractivity contribution in [2.75, 3.05) is 6.61 Å². The van der Waals surface area contributed by atoms with Gasteiger partial charge in [0.05, 0.1) is 6.10 Å². The highest BCUT2D eigenvalue weighted by Gasteiger charge is 2.27. The van der Waals surface area contributed by atoms with Crippen LogP contribution in [-0.2, 0) is 4.74 Å². The third-order valence-electron chi connectivity index (χ3n) is 1.72. The van der Waals surface area contributed by atoms with Crippen molar-refractivity contribution >= 4 is 15.9 Å². The van der Waals surface area contributed by atoms with E-state index in [9.17, 15) is 0 Å². The zero-order chi connectivity index (χ0) is 6.85. The molecule has 0 aliphatic carbocycles. The lowest BCUT2D eigenvalue weighted by Crippen LogP contribution is -2.21. The molecular formula is C7H13BrO. The van der Waals surface area contributed by atoms with Crippen LogP contribution in [-0.4, -0.2) is 17.5 Å². The van der Waals surface area contributed by atoms with Crippen LogP contribution in [0.25, 0.3) is 0 Å². The molecule has 0 bridgehead atoms. The average molecular weight is 193 g/mol. The van der Waals surface area contributed by atoms with Gasteiger partial charge in [0, 0.05) is 11.4 Å². The molecule has 0 saturated carbocycles. The molecule has 54 valence electrons. The number of hydrogen-bond acceptors (Lipinski definition) is 1. The maximum Gasteiger partial charge on any atom is 0.0723 e. The van der Waals surface area contributed by atoms with E-state index in [1.54, 1.807) is 0 Å². The Morgan fingerprint density at radius 2 is 2.22 bits per heavy atom. The van der Waals surface area contributed by atoms with Gasteiger partial charge < -0.3 is 4.74 Å². The molecule has 2 atom stereocenters. The van der Waals surface area contributed by atoms with Gasteiger partial charge in [-0.25, -0.2) is 0 Å². The van der Waals surface area contributed by atoms with E-state index in [-0.39, 0.29) is 0 Å². The zero-order valence-corrected chi connectivity index (χ0v) is 7.52. The molecule has 1 aliphatic rings. The number of ether oxygens (including phenoxy) is 1. The van der Waals surface area contributed by atoms with Crippen molar-refractivity contribution in [3.8, 4) is 0 Å². The van der Waals surface area contributed by atoms with Gasteiger partial charge in [-0.1, -0.05) is 29.8 Å². The minimum absolute atomic E-state index is 0.449. The molecule has 1 aliphatic heterocycles. The van der Waals surface area contributed by atoms with Crippen LogP contribution in [0, 0.1) is 5.92 Å². The molecule has 2 heteroatoms. The van der Waals surface area contributed by atoms with Crippen molar-refractivity contribution in [2.45, 2.75) is 31.2 Å². The molecule has 0 amide bonds. The maximum atomic E-state index is 5.48. The van der Waals surface area contributed by atoms with E-state index >= 15 is 0 Å². The summed E-state index contributed by atoms with van der Waals surface area (Å²) < 4.78 is 5.48. The summed E-state index contributed by atoms with van der Waals surface area (Å²) in [4.78, 5) is 0.595. The summed E-state index contributed by atoms with van der Waals surface area (Å²) in [6.07, 6.45) is 1.62. The molecule has 0 spiro atoms. The lowest BCUT2D eigenvalue weighted by Gasteiger charge is -2.16. The van der Waals surface area contributed by atoms with E-state index in [4.69, 9.17) is 4.74 Å². The molecule has 0 aromatic heterocycles. The Morgan fingerprint density at radius 1 is 1.56 bits per heavy atom. The van der Waals surface area contributed by atoms with Crippen molar-refractivity contribution in [2.24, 2.45) is 5.92 Å². The number of halogens is 1. The first kappa shape index (κ1) is 7.55. The lowest BCUT2D eigenvalue weighted by molar-refractivity contribution is 0.0787. The summed E-state index contributed by atoms with van der Waals surface area (Å²) >= 11 is 3.58. The average Bonchev–Trinajstić information content (AvgIpc) is 2.13. The largest absolute Gasteiger partial charge is 0.377 e. The SMILES string of the molecule is CC(C)[C@@H]1OCC[C@@H]1Br. The number of rotatable bonds is 1. The monoisotopic (exact) mass is 192 g/mol. The zero-order valence-electron chi connectivity index (χ0n) is 5.93. The Balaban J connectivity index is 2.40. The van der Waals surface area contributed by atoms with Crippen molar-refractivity contribution in [3.05, 3.63) is 0 Å². The Labute approximate surface area is 64.9 Å². The molecule has 1 saturated heterocycles. The van der Waals surface area contributed by atoms with Gasteiger partial charge in [-0.05, 0) is 12.3 Å². The number of hydrogen-bond donors (Lipinski definition) is 0. The number of alkyl halides is 1. The van der Waals surface area contributed by atoms with Crippen molar-refractivity contribution < 1.29 is 4.74 Å². The first-order chi connectivity index (χ1) is 4.22. The van der Waals surface area contributed by atoms with E-state index in [1.807, 2.05) is 0 Å². The van der Waals surface area contributed by atoms with Gasteiger partial charge in [0.25, 0.3) is 0 Å². The first-order valence-electron chi connectivity index (χ1n) is 3.47. The predicted octanol–water partition coefficient (Wildman–Crippen LogP) is 2.19. The van der Waals surface area contributed by atoms with Crippen LogP contribution in [0.2, 0.25) is 0 Å². The molecule has 0 unspecified atom stereocenters. The van der Waals surface area contributed by atoms with Gasteiger partial charge in [0.2, 0.25) is 0 Å². The molecule has 1 fully saturated rings. The van der Waals surface area contributed by atoms with E-state index in [0.29, 0.717) is 16.8 Å². The second kappa shape index (κ2) is 3.02.